The predicted molar refractivity (Wildman–Crippen MR) is 43.0 cm³/mol. The van der Waals surface area contributed by atoms with Gasteiger partial charge in [-0.25, -0.2) is 0 Å². The average molecular weight is 144 g/mol. The highest BCUT2D eigenvalue weighted by Crippen LogP contribution is 1.96. The van der Waals surface area contributed by atoms with Crippen LogP contribution < -0.4 is 0 Å². The Morgan fingerprint density at radius 2 is 2.30 bits per heavy atom. The van der Waals surface area contributed by atoms with Crippen LogP contribution in [0.25, 0.3) is 0 Å². The van der Waals surface area contributed by atoms with Gasteiger partial charge in [-0.15, -0.1) is 0 Å². The zero-order valence-corrected chi connectivity index (χ0v) is 7.16. The minimum absolute atomic E-state index is 0.0706. The van der Waals surface area contributed by atoms with E-state index in [0.29, 0.717) is 0 Å². The van der Waals surface area contributed by atoms with Crippen molar-refractivity contribution in [3.63, 3.8) is 0 Å². The molecule has 0 aromatic rings. The van der Waals surface area contributed by atoms with E-state index in [1.54, 1.807) is 11.2 Å². The van der Waals surface area contributed by atoms with Crippen LogP contribution in [-0.2, 0) is 4.74 Å². The molecule has 10 heavy (non-hydrogen) atoms. The first-order valence-electron chi connectivity index (χ1n) is 3.55. The molecule has 0 saturated heterocycles. The lowest BCUT2D eigenvalue weighted by Crippen LogP contribution is -2.26. The minimum Gasteiger partial charge on any atom is -0.358 e. The van der Waals surface area contributed by atoms with E-state index >= 15 is 0 Å². The SMILES string of the molecule is CC=NN(C)C(C)OCC. The standard InChI is InChI=1S/C7H16N2O/c1-5-8-9(4)7(3)10-6-2/h5,7H,6H2,1-4H3. The van der Waals surface area contributed by atoms with Crippen LogP contribution in [-0.4, -0.2) is 31.1 Å². The van der Waals surface area contributed by atoms with Crippen LogP contribution in [0.15, 0.2) is 5.10 Å². The van der Waals surface area contributed by atoms with Gasteiger partial charge in [-0.1, -0.05) is 0 Å². The molecule has 0 bridgehead atoms. The van der Waals surface area contributed by atoms with Crippen LogP contribution in [0.4, 0.5) is 0 Å². The Hall–Kier alpha value is -0.570. The van der Waals surface area contributed by atoms with Gasteiger partial charge >= 0.3 is 0 Å². The molecule has 1 unspecified atom stereocenters. The first-order chi connectivity index (χ1) is 4.72. The van der Waals surface area contributed by atoms with E-state index in [4.69, 9.17) is 4.74 Å². The number of hydrazone groups is 1. The molecular formula is C7H16N2O. The second-order valence-corrected chi connectivity index (χ2v) is 2.00. The summed E-state index contributed by atoms with van der Waals surface area (Å²) in [5.74, 6) is 0. The molecule has 0 radical (unpaired) electrons. The normalized spacial score (nSPS) is 14.0. The van der Waals surface area contributed by atoms with Gasteiger partial charge in [-0.3, -0.25) is 5.01 Å². The van der Waals surface area contributed by atoms with Crippen LogP contribution in [0.3, 0.4) is 0 Å². The van der Waals surface area contributed by atoms with Crippen molar-refractivity contribution < 1.29 is 4.74 Å². The summed E-state index contributed by atoms with van der Waals surface area (Å²) in [4.78, 5) is 0. The van der Waals surface area contributed by atoms with Crippen molar-refractivity contribution in [2.24, 2.45) is 5.10 Å². The molecular weight excluding hydrogens is 128 g/mol. The van der Waals surface area contributed by atoms with Gasteiger partial charge in [0.05, 0.1) is 0 Å². The fourth-order valence-corrected chi connectivity index (χ4v) is 0.625. The molecule has 0 aromatic heterocycles. The van der Waals surface area contributed by atoms with Gasteiger partial charge < -0.3 is 4.74 Å². The Morgan fingerprint density at radius 1 is 1.70 bits per heavy atom. The van der Waals surface area contributed by atoms with Gasteiger partial charge in [0.2, 0.25) is 0 Å². The Balaban J connectivity index is 3.58. The third kappa shape index (κ3) is 3.45. The van der Waals surface area contributed by atoms with Crippen LogP contribution >= 0.6 is 0 Å². The number of hydrogen-bond donors (Lipinski definition) is 0. The molecule has 0 N–H and O–H groups in total. The van der Waals surface area contributed by atoms with Crippen molar-refractivity contribution in [3.05, 3.63) is 0 Å². The van der Waals surface area contributed by atoms with Gasteiger partial charge in [0.25, 0.3) is 0 Å². The molecule has 0 amide bonds. The van der Waals surface area contributed by atoms with Crippen molar-refractivity contribution >= 4 is 6.21 Å². The van der Waals surface area contributed by atoms with Crippen LogP contribution in [0.5, 0.6) is 0 Å². The summed E-state index contributed by atoms with van der Waals surface area (Å²) in [5.41, 5.74) is 0. The van der Waals surface area contributed by atoms with Crippen molar-refractivity contribution in [3.8, 4) is 0 Å². The molecule has 1 atom stereocenters. The van der Waals surface area contributed by atoms with Crippen molar-refractivity contribution in [1.82, 2.24) is 5.01 Å². The maximum absolute atomic E-state index is 5.27. The number of hydrogen-bond acceptors (Lipinski definition) is 3. The topological polar surface area (TPSA) is 24.8 Å². The Kier molecular flexibility index (Phi) is 4.94. The molecule has 0 aliphatic rings. The molecule has 0 aromatic carbocycles. The van der Waals surface area contributed by atoms with E-state index in [-0.39, 0.29) is 6.23 Å². The molecule has 0 rings (SSSR count). The van der Waals surface area contributed by atoms with E-state index in [1.807, 2.05) is 27.8 Å². The van der Waals surface area contributed by atoms with Crippen molar-refractivity contribution in [1.29, 1.82) is 0 Å². The Bertz CT molecular complexity index is 104. The van der Waals surface area contributed by atoms with Crippen LogP contribution in [0.2, 0.25) is 0 Å². The van der Waals surface area contributed by atoms with Crippen LogP contribution in [0.1, 0.15) is 20.8 Å². The van der Waals surface area contributed by atoms with Gasteiger partial charge in [-0.05, 0) is 20.8 Å². The van der Waals surface area contributed by atoms with E-state index in [0.717, 1.165) is 6.61 Å². The molecule has 0 aliphatic carbocycles. The number of rotatable bonds is 4. The first-order valence-corrected chi connectivity index (χ1v) is 3.55. The molecule has 3 nitrogen and oxygen atoms in total. The van der Waals surface area contributed by atoms with Crippen molar-refractivity contribution in [2.75, 3.05) is 13.7 Å². The predicted octanol–water partition coefficient (Wildman–Crippen LogP) is 1.31. The number of nitrogens with zero attached hydrogens (tertiary/aromatic N) is 2. The maximum atomic E-state index is 5.27. The molecule has 0 aliphatic heterocycles. The highest BCUT2D eigenvalue weighted by atomic mass is 16.5. The average Bonchev–Trinajstić information content (AvgIpc) is 1.89. The van der Waals surface area contributed by atoms with E-state index in [1.165, 1.54) is 0 Å². The van der Waals surface area contributed by atoms with Gasteiger partial charge in [0, 0.05) is 19.9 Å². The molecule has 60 valence electrons. The molecule has 0 spiro atoms. The lowest BCUT2D eigenvalue weighted by molar-refractivity contribution is -0.0274. The summed E-state index contributed by atoms with van der Waals surface area (Å²) < 4.78 is 5.27. The third-order valence-electron chi connectivity index (χ3n) is 1.23. The summed E-state index contributed by atoms with van der Waals surface area (Å²) >= 11 is 0. The zero-order valence-electron chi connectivity index (χ0n) is 7.16. The van der Waals surface area contributed by atoms with Crippen molar-refractivity contribution in [2.45, 2.75) is 27.0 Å². The quantitative estimate of drug-likeness (QED) is 0.337. The van der Waals surface area contributed by atoms with Gasteiger partial charge in [-0.2, -0.15) is 5.10 Å². The van der Waals surface area contributed by atoms with Gasteiger partial charge in [0.15, 0.2) is 0 Å². The summed E-state index contributed by atoms with van der Waals surface area (Å²) in [7, 11) is 1.89. The number of ether oxygens (including phenoxy) is 1. The van der Waals surface area contributed by atoms with E-state index in [9.17, 15) is 0 Å². The Labute approximate surface area is 62.7 Å². The molecule has 0 heterocycles. The molecule has 0 fully saturated rings. The largest absolute Gasteiger partial charge is 0.358 e. The highest BCUT2D eigenvalue weighted by Gasteiger charge is 2.02. The molecule has 3 heteroatoms. The second kappa shape index (κ2) is 5.23. The van der Waals surface area contributed by atoms with E-state index < -0.39 is 0 Å². The smallest absolute Gasteiger partial charge is 0.142 e. The summed E-state index contributed by atoms with van der Waals surface area (Å²) in [6.07, 6.45) is 1.82. The fourth-order valence-electron chi connectivity index (χ4n) is 0.625. The minimum atomic E-state index is 0.0706. The van der Waals surface area contributed by atoms with Crippen LogP contribution in [0, 0.1) is 0 Å². The lowest BCUT2D eigenvalue weighted by Gasteiger charge is -2.20. The lowest BCUT2D eigenvalue weighted by atomic mass is 10.6. The fraction of sp³-hybridized carbons (Fsp3) is 0.857. The maximum Gasteiger partial charge on any atom is 0.142 e. The molecule has 0 saturated carbocycles. The second-order valence-electron chi connectivity index (χ2n) is 2.00. The first kappa shape index (κ1) is 9.43. The summed E-state index contributed by atoms with van der Waals surface area (Å²) in [6, 6.07) is 0. The summed E-state index contributed by atoms with van der Waals surface area (Å²) in [5, 5.41) is 5.81. The monoisotopic (exact) mass is 144 g/mol. The summed E-state index contributed by atoms with van der Waals surface area (Å²) in [6.45, 7) is 6.55. The zero-order chi connectivity index (χ0) is 7.98. The highest BCUT2D eigenvalue weighted by molar-refractivity contribution is 5.52. The van der Waals surface area contributed by atoms with E-state index in [2.05, 4.69) is 5.10 Å². The third-order valence-corrected chi connectivity index (χ3v) is 1.23. The Morgan fingerprint density at radius 3 is 2.70 bits per heavy atom. The van der Waals surface area contributed by atoms with Gasteiger partial charge in [0.1, 0.15) is 6.23 Å².